The molecule has 0 radical (unpaired) electrons. The number of pyridine rings is 1. The minimum Gasteiger partial charge on any atom is -0.368 e. The number of nitrogen functional groups attached to an aromatic ring is 1. The van der Waals surface area contributed by atoms with Crippen molar-refractivity contribution in [2.75, 3.05) is 11.1 Å². The predicted molar refractivity (Wildman–Crippen MR) is 120 cm³/mol. The lowest BCUT2D eigenvalue weighted by molar-refractivity contribution is 0.628. The molecule has 0 amide bonds. The van der Waals surface area contributed by atoms with E-state index in [-0.39, 0.29) is 11.5 Å². The molecule has 0 saturated heterocycles. The standard InChI is InChI=1S/C22H19FN8O/c1-11-5-3-8-15-28-17(16(21(32)31(11)15)13-6-4-7-14(23)9-13)12(2)27-20-18-19(26-10-25-18)29-22(24)30-20/h3-10,12H,1-2H3,(H4,24,25,26,27,29,30)/t12-/m1/s1. The van der Waals surface area contributed by atoms with Crippen LogP contribution in [0.25, 0.3) is 27.9 Å². The number of hydrogen-bond donors (Lipinski definition) is 3. The fourth-order valence-electron chi connectivity index (χ4n) is 3.81. The Bertz CT molecular complexity index is 1540. The van der Waals surface area contributed by atoms with Crippen LogP contribution in [0.2, 0.25) is 0 Å². The zero-order valence-electron chi connectivity index (χ0n) is 17.3. The first-order valence-electron chi connectivity index (χ1n) is 9.93. The molecule has 4 aromatic heterocycles. The lowest BCUT2D eigenvalue weighted by atomic mass is 10.0. The van der Waals surface area contributed by atoms with E-state index in [9.17, 15) is 9.18 Å². The molecule has 0 aliphatic heterocycles. The summed E-state index contributed by atoms with van der Waals surface area (Å²) in [6.45, 7) is 3.67. The molecule has 0 spiro atoms. The van der Waals surface area contributed by atoms with Gasteiger partial charge in [0.1, 0.15) is 17.0 Å². The molecule has 9 nitrogen and oxygen atoms in total. The average molecular weight is 430 g/mol. The van der Waals surface area contributed by atoms with Gasteiger partial charge in [0.2, 0.25) is 5.95 Å². The zero-order chi connectivity index (χ0) is 22.4. The molecule has 160 valence electrons. The van der Waals surface area contributed by atoms with Crippen LogP contribution in [0.5, 0.6) is 0 Å². The third-order valence-electron chi connectivity index (χ3n) is 5.25. The maximum atomic E-state index is 14.1. The van der Waals surface area contributed by atoms with E-state index in [2.05, 4.69) is 25.3 Å². The predicted octanol–water partition coefficient (Wildman–Crippen LogP) is 3.23. The van der Waals surface area contributed by atoms with Crippen molar-refractivity contribution in [2.24, 2.45) is 0 Å². The van der Waals surface area contributed by atoms with E-state index < -0.39 is 11.9 Å². The molecular weight excluding hydrogens is 411 g/mol. The molecule has 1 atom stereocenters. The van der Waals surface area contributed by atoms with Crippen LogP contribution in [0.15, 0.2) is 53.6 Å². The topological polar surface area (TPSA) is 127 Å². The highest BCUT2D eigenvalue weighted by atomic mass is 19.1. The lowest BCUT2D eigenvalue weighted by Crippen LogP contribution is -2.24. The number of rotatable bonds is 4. The van der Waals surface area contributed by atoms with Crippen LogP contribution in [0.1, 0.15) is 24.4 Å². The van der Waals surface area contributed by atoms with Gasteiger partial charge in [0, 0.05) is 5.69 Å². The highest BCUT2D eigenvalue weighted by Gasteiger charge is 2.22. The Kier molecular flexibility index (Phi) is 4.54. The summed E-state index contributed by atoms with van der Waals surface area (Å²) in [6.07, 6.45) is 1.50. The summed E-state index contributed by atoms with van der Waals surface area (Å²) in [6, 6.07) is 10.9. The summed E-state index contributed by atoms with van der Waals surface area (Å²) >= 11 is 0. The van der Waals surface area contributed by atoms with Crippen LogP contribution in [0.4, 0.5) is 16.2 Å². The van der Waals surface area contributed by atoms with Crippen molar-refractivity contribution in [2.45, 2.75) is 19.9 Å². The van der Waals surface area contributed by atoms with Gasteiger partial charge in [0.05, 0.1) is 23.6 Å². The number of halogens is 1. The van der Waals surface area contributed by atoms with Crippen LogP contribution in [0, 0.1) is 12.7 Å². The normalized spacial score (nSPS) is 12.3. The van der Waals surface area contributed by atoms with Crippen molar-refractivity contribution in [3.8, 4) is 11.1 Å². The number of nitrogens with zero attached hydrogens (tertiary/aromatic N) is 5. The number of nitrogens with two attached hydrogens (primary N) is 1. The zero-order valence-corrected chi connectivity index (χ0v) is 17.3. The van der Waals surface area contributed by atoms with E-state index >= 15 is 0 Å². The molecular formula is C22H19FN8O. The molecule has 0 fully saturated rings. The van der Waals surface area contributed by atoms with Crippen LogP contribution >= 0.6 is 0 Å². The number of anilines is 2. The van der Waals surface area contributed by atoms with Gasteiger partial charge in [-0.1, -0.05) is 18.2 Å². The van der Waals surface area contributed by atoms with Gasteiger partial charge in [-0.15, -0.1) is 0 Å². The Balaban J connectivity index is 1.72. The quantitative estimate of drug-likeness (QED) is 0.399. The second kappa shape index (κ2) is 7.41. The van der Waals surface area contributed by atoms with Gasteiger partial charge < -0.3 is 16.0 Å². The van der Waals surface area contributed by atoms with Gasteiger partial charge in [0.15, 0.2) is 11.5 Å². The SMILES string of the molecule is Cc1cccc2nc([C@@H](C)Nc3nc(N)nc4nc[nH]c34)c(-c3cccc(F)c3)c(=O)n12. The van der Waals surface area contributed by atoms with E-state index in [4.69, 9.17) is 10.7 Å². The summed E-state index contributed by atoms with van der Waals surface area (Å²) in [7, 11) is 0. The van der Waals surface area contributed by atoms with Gasteiger partial charge in [-0.25, -0.2) is 14.4 Å². The maximum Gasteiger partial charge on any atom is 0.266 e. The molecule has 4 heterocycles. The molecule has 10 heteroatoms. The summed E-state index contributed by atoms with van der Waals surface area (Å²) < 4.78 is 15.6. The molecule has 0 unspecified atom stereocenters. The summed E-state index contributed by atoms with van der Waals surface area (Å²) in [4.78, 5) is 33.8. The van der Waals surface area contributed by atoms with Crippen molar-refractivity contribution in [3.63, 3.8) is 0 Å². The number of hydrogen-bond acceptors (Lipinski definition) is 7. The third kappa shape index (κ3) is 3.22. The number of benzene rings is 1. The third-order valence-corrected chi connectivity index (χ3v) is 5.25. The Morgan fingerprint density at radius 3 is 2.78 bits per heavy atom. The first-order chi connectivity index (χ1) is 15.4. The number of H-pyrrole nitrogens is 1. The van der Waals surface area contributed by atoms with Crippen LogP contribution < -0.4 is 16.6 Å². The molecule has 0 bridgehead atoms. The van der Waals surface area contributed by atoms with Crippen LogP contribution in [-0.4, -0.2) is 29.3 Å². The highest BCUT2D eigenvalue weighted by molar-refractivity contribution is 5.83. The summed E-state index contributed by atoms with van der Waals surface area (Å²) in [5.74, 6) is 0.0480. The monoisotopic (exact) mass is 430 g/mol. The molecule has 32 heavy (non-hydrogen) atoms. The molecule has 0 saturated carbocycles. The summed E-state index contributed by atoms with van der Waals surface area (Å²) in [5.41, 5.74) is 8.96. The first kappa shape index (κ1) is 19.6. The fourth-order valence-corrected chi connectivity index (χ4v) is 3.81. The molecule has 5 rings (SSSR count). The van der Waals surface area contributed by atoms with Gasteiger partial charge >= 0.3 is 0 Å². The fraction of sp³-hybridized carbons (Fsp3) is 0.136. The van der Waals surface area contributed by atoms with Gasteiger partial charge in [-0.05, 0) is 43.7 Å². The Labute approximate surface area is 181 Å². The number of aromatic amines is 1. The van der Waals surface area contributed by atoms with Crippen molar-refractivity contribution in [1.82, 2.24) is 29.3 Å². The van der Waals surface area contributed by atoms with Crippen molar-refractivity contribution < 1.29 is 4.39 Å². The van der Waals surface area contributed by atoms with Crippen LogP contribution in [-0.2, 0) is 0 Å². The minimum atomic E-state index is -0.479. The van der Waals surface area contributed by atoms with E-state index in [1.807, 2.05) is 26.0 Å². The van der Waals surface area contributed by atoms with E-state index in [1.54, 1.807) is 18.2 Å². The number of aromatic nitrogens is 6. The molecule has 0 aliphatic carbocycles. The number of nitrogens with one attached hydrogen (secondary N) is 2. The molecule has 4 N–H and O–H groups in total. The van der Waals surface area contributed by atoms with E-state index in [0.717, 1.165) is 5.69 Å². The largest absolute Gasteiger partial charge is 0.368 e. The van der Waals surface area contributed by atoms with Crippen molar-refractivity contribution in [3.05, 3.63) is 76.4 Å². The summed E-state index contributed by atoms with van der Waals surface area (Å²) in [5, 5.41) is 3.25. The van der Waals surface area contributed by atoms with Crippen molar-refractivity contribution >= 4 is 28.6 Å². The van der Waals surface area contributed by atoms with Crippen molar-refractivity contribution in [1.29, 1.82) is 0 Å². The number of imidazole rings is 1. The second-order valence-electron chi connectivity index (χ2n) is 7.45. The molecule has 5 aromatic rings. The molecule has 1 aromatic carbocycles. The first-order valence-corrected chi connectivity index (χ1v) is 9.93. The lowest BCUT2D eigenvalue weighted by Gasteiger charge is -2.19. The maximum absolute atomic E-state index is 14.1. The number of aryl methyl sites for hydroxylation is 1. The Hall–Kier alpha value is -4.34. The average Bonchev–Trinajstić information content (AvgIpc) is 3.22. The van der Waals surface area contributed by atoms with E-state index in [0.29, 0.717) is 39.4 Å². The van der Waals surface area contributed by atoms with Gasteiger partial charge in [-0.3, -0.25) is 9.20 Å². The van der Waals surface area contributed by atoms with E-state index in [1.165, 1.54) is 22.9 Å². The van der Waals surface area contributed by atoms with Crippen LogP contribution in [0.3, 0.4) is 0 Å². The smallest absolute Gasteiger partial charge is 0.266 e. The highest BCUT2D eigenvalue weighted by Crippen LogP contribution is 2.29. The molecule has 0 aliphatic rings. The number of fused-ring (bicyclic) bond motifs is 2. The Morgan fingerprint density at radius 2 is 1.97 bits per heavy atom. The second-order valence-corrected chi connectivity index (χ2v) is 7.45. The minimum absolute atomic E-state index is 0.0619. The van der Waals surface area contributed by atoms with Gasteiger partial charge in [-0.2, -0.15) is 9.97 Å². The van der Waals surface area contributed by atoms with Gasteiger partial charge in [0.25, 0.3) is 5.56 Å². The Morgan fingerprint density at radius 1 is 1.16 bits per heavy atom.